The molecule has 0 bridgehead atoms. The van der Waals surface area contributed by atoms with Crippen LogP contribution in [0.2, 0.25) is 0 Å². The zero-order chi connectivity index (χ0) is 36.6. The van der Waals surface area contributed by atoms with E-state index in [1.54, 1.807) is 0 Å². The average Bonchev–Trinajstić information content (AvgIpc) is 3.12. The fourth-order valence-electron chi connectivity index (χ4n) is 7.10. The molecule has 1 amide bonds. The van der Waals surface area contributed by atoms with Gasteiger partial charge in [0.25, 0.3) is 0 Å². The molecular weight excluding hydrogens is 618 g/mol. The van der Waals surface area contributed by atoms with E-state index in [2.05, 4.69) is 31.3 Å². The van der Waals surface area contributed by atoms with Crippen molar-refractivity contribution in [3.63, 3.8) is 0 Å². The van der Waals surface area contributed by atoms with Gasteiger partial charge in [0, 0.05) is 6.42 Å². The standard InChI is InChI=1S/C45H89NO4/c1-3-5-7-9-11-13-15-17-19-20-21-22-23-24-26-27-29-31-33-35-37-39-43(48)45(50)42(41-47)46-44(49)40-38-36-34-32-30-28-25-18-16-14-12-10-8-6-4-2/h14,16,42-43,45,47-48,50H,3-13,15,17-41H2,1-2H3,(H,46,49)/b16-14-. The summed E-state index contributed by atoms with van der Waals surface area (Å²) in [7, 11) is 0. The van der Waals surface area contributed by atoms with Gasteiger partial charge in [-0.15, -0.1) is 0 Å². The van der Waals surface area contributed by atoms with Crippen LogP contribution in [0.25, 0.3) is 0 Å². The molecular formula is C45H89NO4. The molecule has 0 fully saturated rings. The smallest absolute Gasteiger partial charge is 0.220 e. The third-order valence-corrected chi connectivity index (χ3v) is 10.6. The highest BCUT2D eigenvalue weighted by molar-refractivity contribution is 5.76. The van der Waals surface area contributed by atoms with Crippen LogP contribution in [-0.2, 0) is 4.79 Å². The SMILES string of the molecule is CCCCCC/C=C\CCCCCCCCCC(=O)NC(CO)C(O)C(O)CCCCCCCCCCCCCCCCCCCCCCC. The minimum atomic E-state index is -1.13. The van der Waals surface area contributed by atoms with Crippen LogP contribution in [0.4, 0.5) is 0 Å². The van der Waals surface area contributed by atoms with Crippen LogP contribution in [0.15, 0.2) is 12.2 Å². The Morgan fingerprint density at radius 3 is 1.18 bits per heavy atom. The zero-order valence-corrected chi connectivity index (χ0v) is 33.8. The number of rotatable bonds is 41. The van der Waals surface area contributed by atoms with Crippen molar-refractivity contribution in [1.82, 2.24) is 5.32 Å². The summed E-state index contributed by atoms with van der Waals surface area (Å²) in [6.45, 7) is 4.18. The number of nitrogens with one attached hydrogen (secondary N) is 1. The van der Waals surface area contributed by atoms with Gasteiger partial charge in [0.1, 0.15) is 6.10 Å². The fraction of sp³-hybridized carbons (Fsp3) is 0.933. The average molecular weight is 708 g/mol. The summed E-state index contributed by atoms with van der Waals surface area (Å²) in [5.74, 6) is -0.147. The van der Waals surface area contributed by atoms with E-state index < -0.39 is 18.2 Å². The van der Waals surface area contributed by atoms with Gasteiger partial charge in [-0.3, -0.25) is 4.79 Å². The van der Waals surface area contributed by atoms with Gasteiger partial charge in [0.05, 0.1) is 18.8 Å². The van der Waals surface area contributed by atoms with Crippen LogP contribution in [0.1, 0.15) is 245 Å². The zero-order valence-electron chi connectivity index (χ0n) is 33.8. The first-order valence-electron chi connectivity index (χ1n) is 22.5. The van der Waals surface area contributed by atoms with Crippen LogP contribution in [-0.4, -0.2) is 46.1 Å². The Labute approximate surface area is 312 Å². The Balaban J connectivity index is 3.59. The van der Waals surface area contributed by atoms with E-state index in [0.717, 1.165) is 38.5 Å². The lowest BCUT2D eigenvalue weighted by Crippen LogP contribution is -2.50. The summed E-state index contributed by atoms with van der Waals surface area (Å²) in [6, 6.07) is -0.808. The van der Waals surface area contributed by atoms with Crippen LogP contribution >= 0.6 is 0 Å². The number of allylic oxidation sites excluding steroid dienone is 2. The molecule has 5 nitrogen and oxygen atoms in total. The number of carbonyl (C=O) groups is 1. The molecule has 0 aliphatic carbocycles. The van der Waals surface area contributed by atoms with Gasteiger partial charge in [0.2, 0.25) is 5.91 Å². The van der Waals surface area contributed by atoms with E-state index in [4.69, 9.17) is 0 Å². The lowest BCUT2D eigenvalue weighted by atomic mass is 9.99. The number of amides is 1. The first kappa shape index (κ1) is 49.1. The summed E-state index contributed by atoms with van der Waals surface area (Å²) in [5.41, 5.74) is 0. The predicted molar refractivity (Wildman–Crippen MR) is 218 cm³/mol. The highest BCUT2D eigenvalue weighted by Gasteiger charge is 2.26. The molecule has 0 aliphatic heterocycles. The van der Waals surface area contributed by atoms with Crippen molar-refractivity contribution in [2.24, 2.45) is 0 Å². The molecule has 0 aromatic heterocycles. The molecule has 0 aromatic carbocycles. The van der Waals surface area contributed by atoms with Crippen molar-refractivity contribution in [3.8, 4) is 0 Å². The summed E-state index contributed by atoms with van der Waals surface area (Å²) in [6.07, 6.45) is 47.5. The predicted octanol–water partition coefficient (Wildman–Crippen LogP) is 12.8. The second kappa shape index (κ2) is 40.9. The molecule has 0 radical (unpaired) electrons. The quantitative estimate of drug-likeness (QED) is 0.0376. The molecule has 0 saturated carbocycles. The second-order valence-corrected chi connectivity index (χ2v) is 15.6. The highest BCUT2D eigenvalue weighted by Crippen LogP contribution is 2.17. The molecule has 3 atom stereocenters. The highest BCUT2D eigenvalue weighted by atomic mass is 16.3. The molecule has 50 heavy (non-hydrogen) atoms. The molecule has 0 spiro atoms. The topological polar surface area (TPSA) is 89.8 Å². The number of carbonyl (C=O) groups excluding carboxylic acids is 1. The van der Waals surface area contributed by atoms with Crippen LogP contribution in [0, 0.1) is 0 Å². The summed E-state index contributed by atoms with van der Waals surface area (Å²) < 4.78 is 0. The molecule has 0 saturated heterocycles. The fourth-order valence-corrected chi connectivity index (χ4v) is 7.10. The van der Waals surface area contributed by atoms with Gasteiger partial charge in [-0.25, -0.2) is 0 Å². The number of aliphatic hydroxyl groups is 3. The molecule has 0 rings (SSSR count). The van der Waals surface area contributed by atoms with E-state index in [1.165, 1.54) is 180 Å². The van der Waals surface area contributed by atoms with E-state index in [0.29, 0.717) is 12.8 Å². The maximum absolute atomic E-state index is 12.4. The molecule has 3 unspecified atom stereocenters. The van der Waals surface area contributed by atoms with Gasteiger partial charge in [-0.1, -0.05) is 212 Å². The van der Waals surface area contributed by atoms with E-state index >= 15 is 0 Å². The third kappa shape index (κ3) is 35.5. The number of aliphatic hydroxyl groups excluding tert-OH is 3. The number of hydrogen-bond acceptors (Lipinski definition) is 4. The van der Waals surface area contributed by atoms with Crippen molar-refractivity contribution in [1.29, 1.82) is 0 Å². The Kier molecular flexibility index (Phi) is 40.1. The molecule has 0 aromatic rings. The molecule has 4 N–H and O–H groups in total. The van der Waals surface area contributed by atoms with E-state index in [1.807, 2.05) is 0 Å². The number of unbranched alkanes of at least 4 members (excludes halogenated alkanes) is 31. The Hall–Kier alpha value is -0.910. The van der Waals surface area contributed by atoms with Gasteiger partial charge in [-0.05, 0) is 38.5 Å². The number of hydrogen-bond donors (Lipinski definition) is 4. The van der Waals surface area contributed by atoms with Crippen LogP contribution in [0.5, 0.6) is 0 Å². The summed E-state index contributed by atoms with van der Waals surface area (Å²) in [4.78, 5) is 12.4. The van der Waals surface area contributed by atoms with E-state index in [-0.39, 0.29) is 12.5 Å². The normalized spacial score (nSPS) is 13.6. The van der Waals surface area contributed by atoms with Gasteiger partial charge in [0.15, 0.2) is 0 Å². The monoisotopic (exact) mass is 708 g/mol. The van der Waals surface area contributed by atoms with Gasteiger partial charge in [-0.2, -0.15) is 0 Å². The van der Waals surface area contributed by atoms with Crippen molar-refractivity contribution in [2.75, 3.05) is 6.61 Å². The minimum absolute atomic E-state index is 0.147. The maximum atomic E-state index is 12.4. The maximum Gasteiger partial charge on any atom is 0.220 e. The molecule has 5 heteroatoms. The lowest BCUT2D eigenvalue weighted by molar-refractivity contribution is -0.124. The van der Waals surface area contributed by atoms with Crippen molar-refractivity contribution in [3.05, 3.63) is 12.2 Å². The first-order chi connectivity index (χ1) is 24.6. The summed E-state index contributed by atoms with van der Waals surface area (Å²) >= 11 is 0. The second-order valence-electron chi connectivity index (χ2n) is 15.6. The molecule has 0 aliphatic rings. The van der Waals surface area contributed by atoms with Gasteiger partial charge < -0.3 is 20.6 Å². The third-order valence-electron chi connectivity index (χ3n) is 10.6. The van der Waals surface area contributed by atoms with E-state index in [9.17, 15) is 20.1 Å². The van der Waals surface area contributed by atoms with Crippen LogP contribution in [0.3, 0.4) is 0 Å². The first-order valence-corrected chi connectivity index (χ1v) is 22.5. The van der Waals surface area contributed by atoms with Gasteiger partial charge >= 0.3 is 0 Å². The summed E-state index contributed by atoms with van der Waals surface area (Å²) in [5, 5.41) is 33.6. The van der Waals surface area contributed by atoms with Crippen molar-refractivity contribution in [2.45, 2.75) is 263 Å². The molecule has 0 heterocycles. The van der Waals surface area contributed by atoms with Crippen molar-refractivity contribution >= 4 is 5.91 Å². The minimum Gasteiger partial charge on any atom is -0.394 e. The van der Waals surface area contributed by atoms with Crippen molar-refractivity contribution < 1.29 is 20.1 Å². The Bertz CT molecular complexity index is 699. The molecule has 298 valence electrons. The Morgan fingerprint density at radius 1 is 0.480 bits per heavy atom. The largest absolute Gasteiger partial charge is 0.394 e. The Morgan fingerprint density at radius 2 is 0.800 bits per heavy atom. The lowest BCUT2D eigenvalue weighted by Gasteiger charge is -2.26. The van der Waals surface area contributed by atoms with Crippen LogP contribution < -0.4 is 5.32 Å².